The van der Waals surface area contributed by atoms with Crippen LogP contribution < -0.4 is 20.1 Å². The lowest BCUT2D eigenvalue weighted by Crippen LogP contribution is -2.14. The Hall–Kier alpha value is -4.34. The largest absolute Gasteiger partial charge is 0.493 e. The number of hydrogen-bond acceptors (Lipinski definition) is 6. The molecular weight excluding hydrogens is 461 g/mol. The van der Waals surface area contributed by atoms with E-state index < -0.39 is 17.6 Å². The highest BCUT2D eigenvalue weighted by Crippen LogP contribution is 2.35. The van der Waals surface area contributed by atoms with Gasteiger partial charge in [-0.3, -0.25) is 4.79 Å². The van der Waals surface area contributed by atoms with Gasteiger partial charge in [0.15, 0.2) is 11.5 Å². The van der Waals surface area contributed by atoms with Crippen LogP contribution >= 0.6 is 0 Å². The molecule has 7 nitrogen and oxygen atoms in total. The molecule has 0 aliphatic rings. The minimum atomic E-state index is -4.54. The molecule has 1 amide bonds. The molecule has 0 unspecified atom stereocenters. The van der Waals surface area contributed by atoms with E-state index in [-0.39, 0.29) is 5.56 Å². The van der Waals surface area contributed by atoms with Crippen LogP contribution in [0.3, 0.4) is 0 Å². The van der Waals surface area contributed by atoms with E-state index in [1.54, 1.807) is 30.3 Å². The topological polar surface area (TPSA) is 85.4 Å². The number of benzene rings is 3. The summed E-state index contributed by atoms with van der Waals surface area (Å²) in [6, 6.07) is 12.9. The van der Waals surface area contributed by atoms with Crippen molar-refractivity contribution in [3.8, 4) is 11.5 Å². The zero-order chi connectivity index (χ0) is 25.2. The Bertz CT molecular complexity index is 1410. The fourth-order valence-electron chi connectivity index (χ4n) is 3.48. The van der Waals surface area contributed by atoms with E-state index in [1.165, 1.54) is 32.7 Å². The summed E-state index contributed by atoms with van der Waals surface area (Å²) in [5.74, 6) is 0.882. The van der Waals surface area contributed by atoms with Crippen LogP contribution in [0, 0.1) is 6.92 Å². The minimum Gasteiger partial charge on any atom is -0.493 e. The molecule has 0 aliphatic heterocycles. The molecule has 0 atom stereocenters. The summed E-state index contributed by atoms with van der Waals surface area (Å²) in [6.45, 7) is 1.87. The number of nitrogens with zero attached hydrogens (tertiary/aromatic N) is 2. The zero-order valence-corrected chi connectivity index (χ0v) is 19.0. The van der Waals surface area contributed by atoms with Crippen molar-refractivity contribution in [3.63, 3.8) is 0 Å². The summed E-state index contributed by atoms with van der Waals surface area (Å²) in [5, 5.41) is 6.57. The molecule has 2 N–H and O–H groups in total. The molecule has 0 radical (unpaired) electrons. The number of carbonyl (C=O) groups is 1. The van der Waals surface area contributed by atoms with Gasteiger partial charge in [-0.15, -0.1) is 0 Å². The molecule has 0 spiro atoms. The van der Waals surface area contributed by atoms with Gasteiger partial charge in [0.25, 0.3) is 5.91 Å². The average Bonchev–Trinajstić information content (AvgIpc) is 2.85. The number of aromatic nitrogens is 2. The summed E-state index contributed by atoms with van der Waals surface area (Å²) in [6.07, 6.45) is -3.13. The maximum Gasteiger partial charge on any atom is 0.416 e. The predicted molar refractivity (Wildman–Crippen MR) is 127 cm³/mol. The first-order valence-electron chi connectivity index (χ1n) is 10.4. The number of carbonyl (C=O) groups excluding carboxylic acids is 1. The number of methoxy groups -OCH3 is 2. The zero-order valence-electron chi connectivity index (χ0n) is 19.0. The molecule has 0 bridgehead atoms. The number of ether oxygens (including phenoxy) is 2. The molecule has 180 valence electrons. The Morgan fingerprint density at radius 1 is 0.943 bits per heavy atom. The first-order valence-corrected chi connectivity index (χ1v) is 10.4. The molecule has 0 saturated carbocycles. The number of nitrogens with one attached hydrogen (secondary N) is 2. The van der Waals surface area contributed by atoms with E-state index in [0.29, 0.717) is 39.6 Å². The molecule has 10 heteroatoms. The van der Waals surface area contributed by atoms with Gasteiger partial charge >= 0.3 is 6.18 Å². The summed E-state index contributed by atoms with van der Waals surface area (Å²) >= 11 is 0. The summed E-state index contributed by atoms with van der Waals surface area (Å²) in [7, 11) is 3.06. The van der Waals surface area contributed by atoms with Gasteiger partial charge in [-0.2, -0.15) is 13.2 Å². The molecule has 0 saturated heterocycles. The maximum atomic E-state index is 13.0. The van der Waals surface area contributed by atoms with Gasteiger partial charge in [0.05, 0.1) is 25.3 Å². The number of alkyl halides is 3. The van der Waals surface area contributed by atoms with E-state index in [1.807, 2.05) is 6.92 Å². The number of rotatable bonds is 6. The average molecular weight is 482 g/mol. The van der Waals surface area contributed by atoms with E-state index >= 15 is 0 Å². The monoisotopic (exact) mass is 482 g/mol. The Morgan fingerprint density at radius 3 is 2.40 bits per heavy atom. The molecule has 1 heterocycles. The number of fused-ring (bicyclic) bond motifs is 1. The Labute approximate surface area is 198 Å². The van der Waals surface area contributed by atoms with E-state index in [4.69, 9.17) is 9.47 Å². The molecular formula is C25H21F3N4O3. The Kier molecular flexibility index (Phi) is 6.46. The molecule has 4 rings (SSSR count). The van der Waals surface area contributed by atoms with E-state index in [9.17, 15) is 18.0 Å². The van der Waals surface area contributed by atoms with Gasteiger partial charge in [-0.25, -0.2) is 9.97 Å². The standard InChI is InChI=1S/C25H21F3N4O3/c1-14-7-8-17(31-24(33)15-5-4-6-16(9-15)25(26,27)28)10-19(14)32-23-18-11-21(34-2)22(35-3)12-20(18)29-13-30-23/h4-13H,1-3H3,(H,31,33)(H,29,30,32). The van der Waals surface area contributed by atoms with Gasteiger partial charge in [0.1, 0.15) is 12.1 Å². The third-order valence-corrected chi connectivity index (χ3v) is 5.34. The fraction of sp³-hybridized carbons (Fsp3) is 0.160. The highest BCUT2D eigenvalue weighted by molar-refractivity contribution is 6.04. The number of aryl methyl sites for hydroxylation is 1. The third-order valence-electron chi connectivity index (χ3n) is 5.34. The minimum absolute atomic E-state index is 0.0993. The highest BCUT2D eigenvalue weighted by atomic mass is 19.4. The number of amides is 1. The Morgan fingerprint density at radius 2 is 1.69 bits per heavy atom. The van der Waals surface area contributed by atoms with Crippen LogP contribution in [0.15, 0.2) is 60.9 Å². The van der Waals surface area contributed by atoms with Crippen molar-refractivity contribution >= 4 is 34.0 Å². The SMILES string of the molecule is COc1cc2ncnc(Nc3cc(NC(=O)c4cccc(C(F)(F)F)c4)ccc3C)c2cc1OC. The first-order chi connectivity index (χ1) is 16.7. The van der Waals surface area contributed by atoms with Crippen molar-refractivity contribution in [1.82, 2.24) is 9.97 Å². The van der Waals surface area contributed by atoms with Crippen molar-refractivity contribution in [3.05, 3.63) is 77.6 Å². The lowest BCUT2D eigenvalue weighted by molar-refractivity contribution is -0.137. The normalized spacial score (nSPS) is 11.3. The van der Waals surface area contributed by atoms with Crippen LogP contribution in [0.25, 0.3) is 10.9 Å². The summed E-state index contributed by atoms with van der Waals surface area (Å²) < 4.78 is 49.7. The molecule has 0 aliphatic carbocycles. The summed E-state index contributed by atoms with van der Waals surface area (Å²) in [4.78, 5) is 21.2. The molecule has 3 aromatic carbocycles. The van der Waals surface area contributed by atoms with Crippen molar-refractivity contribution in [2.75, 3.05) is 24.9 Å². The quantitative estimate of drug-likeness (QED) is 0.352. The maximum absolute atomic E-state index is 13.0. The van der Waals surface area contributed by atoms with Crippen molar-refractivity contribution in [1.29, 1.82) is 0 Å². The number of anilines is 3. The third kappa shape index (κ3) is 5.11. The second-order valence-electron chi connectivity index (χ2n) is 7.63. The Balaban J connectivity index is 1.62. The van der Waals surface area contributed by atoms with Crippen LogP contribution in [0.1, 0.15) is 21.5 Å². The highest BCUT2D eigenvalue weighted by Gasteiger charge is 2.30. The molecule has 1 aromatic heterocycles. The van der Waals surface area contributed by atoms with E-state index in [2.05, 4.69) is 20.6 Å². The van der Waals surface area contributed by atoms with Gasteiger partial charge in [-0.05, 0) is 48.9 Å². The van der Waals surface area contributed by atoms with E-state index in [0.717, 1.165) is 17.7 Å². The summed E-state index contributed by atoms with van der Waals surface area (Å²) in [5.41, 5.74) is 1.54. The van der Waals surface area contributed by atoms with Crippen LogP contribution in [-0.4, -0.2) is 30.1 Å². The fourth-order valence-corrected chi connectivity index (χ4v) is 3.48. The molecule has 35 heavy (non-hydrogen) atoms. The van der Waals surface area contributed by atoms with Crippen LogP contribution in [0.4, 0.5) is 30.4 Å². The van der Waals surface area contributed by atoms with Crippen molar-refractivity contribution in [2.45, 2.75) is 13.1 Å². The first kappa shape index (κ1) is 23.8. The van der Waals surface area contributed by atoms with Gasteiger partial charge in [0, 0.05) is 28.4 Å². The van der Waals surface area contributed by atoms with Gasteiger partial charge in [-0.1, -0.05) is 12.1 Å². The van der Waals surface area contributed by atoms with Crippen molar-refractivity contribution in [2.24, 2.45) is 0 Å². The smallest absolute Gasteiger partial charge is 0.416 e. The lowest BCUT2D eigenvalue weighted by Gasteiger charge is -2.15. The number of halogens is 3. The van der Waals surface area contributed by atoms with Crippen molar-refractivity contribution < 1.29 is 27.4 Å². The number of hydrogen-bond donors (Lipinski definition) is 2. The van der Waals surface area contributed by atoms with Crippen LogP contribution in [-0.2, 0) is 6.18 Å². The van der Waals surface area contributed by atoms with Crippen LogP contribution in [0.5, 0.6) is 11.5 Å². The van der Waals surface area contributed by atoms with Crippen LogP contribution in [0.2, 0.25) is 0 Å². The lowest BCUT2D eigenvalue weighted by atomic mass is 10.1. The molecule has 4 aromatic rings. The second-order valence-corrected chi connectivity index (χ2v) is 7.63. The second kappa shape index (κ2) is 9.49. The molecule has 0 fully saturated rings. The van der Waals surface area contributed by atoms with Gasteiger partial charge in [0.2, 0.25) is 0 Å². The predicted octanol–water partition coefficient (Wildman–Crippen LogP) is 5.97. The van der Waals surface area contributed by atoms with Gasteiger partial charge < -0.3 is 20.1 Å².